The zero-order valence-corrected chi connectivity index (χ0v) is 15.8. The number of benzene rings is 2. The van der Waals surface area contributed by atoms with Crippen molar-refractivity contribution in [3.8, 4) is 0 Å². The predicted molar refractivity (Wildman–Crippen MR) is 105 cm³/mol. The third-order valence-electron chi connectivity index (χ3n) is 4.00. The molecule has 2 aromatic carbocycles. The lowest BCUT2D eigenvalue weighted by Crippen LogP contribution is -2.44. The number of rotatable bonds is 6. The SMILES string of the molecule is Cc1ccc(NCC(=O)NNC(=O)c2ccc(CC(C)C)cc2)c(C)c1. The number of nitrogens with one attached hydrogen (secondary N) is 3. The van der Waals surface area contributed by atoms with Crippen LogP contribution in [-0.4, -0.2) is 18.4 Å². The number of hydrogen-bond donors (Lipinski definition) is 3. The van der Waals surface area contributed by atoms with Crippen LogP contribution in [-0.2, 0) is 11.2 Å². The molecule has 0 heterocycles. The maximum atomic E-state index is 12.1. The van der Waals surface area contributed by atoms with Crippen LogP contribution in [0.15, 0.2) is 42.5 Å². The van der Waals surface area contributed by atoms with Crippen LogP contribution in [0.4, 0.5) is 5.69 Å². The standard InChI is InChI=1S/C21H27N3O2/c1-14(2)11-17-6-8-18(9-7-17)21(26)24-23-20(25)13-22-19-10-5-15(3)12-16(19)4/h5-10,12,14,22H,11,13H2,1-4H3,(H,23,25)(H,24,26). The third kappa shape index (κ3) is 5.92. The maximum absolute atomic E-state index is 12.1. The largest absolute Gasteiger partial charge is 0.376 e. The Hall–Kier alpha value is -2.82. The summed E-state index contributed by atoms with van der Waals surface area (Å²) in [6.45, 7) is 8.40. The Balaban J connectivity index is 1.80. The number of hydrazine groups is 1. The molecule has 2 aromatic rings. The van der Waals surface area contributed by atoms with E-state index in [0.717, 1.165) is 17.7 Å². The molecule has 2 rings (SSSR count). The highest BCUT2D eigenvalue weighted by Crippen LogP contribution is 2.15. The van der Waals surface area contributed by atoms with Gasteiger partial charge in [0, 0.05) is 11.3 Å². The van der Waals surface area contributed by atoms with Gasteiger partial charge in [-0.05, 0) is 55.5 Å². The van der Waals surface area contributed by atoms with E-state index in [1.165, 1.54) is 11.1 Å². The summed E-state index contributed by atoms with van der Waals surface area (Å²) in [5.41, 5.74) is 9.72. The molecule has 3 N–H and O–H groups in total. The van der Waals surface area contributed by atoms with Gasteiger partial charge in [0.15, 0.2) is 0 Å². The van der Waals surface area contributed by atoms with Crippen LogP contribution in [0, 0.1) is 19.8 Å². The minimum absolute atomic E-state index is 0.0809. The summed E-state index contributed by atoms with van der Waals surface area (Å²) in [6.07, 6.45) is 0.975. The summed E-state index contributed by atoms with van der Waals surface area (Å²) in [7, 11) is 0. The summed E-state index contributed by atoms with van der Waals surface area (Å²) in [4.78, 5) is 24.0. The molecular weight excluding hydrogens is 326 g/mol. The van der Waals surface area contributed by atoms with Crippen molar-refractivity contribution in [2.75, 3.05) is 11.9 Å². The summed E-state index contributed by atoms with van der Waals surface area (Å²) >= 11 is 0. The third-order valence-corrected chi connectivity index (χ3v) is 4.00. The van der Waals surface area contributed by atoms with Crippen LogP contribution in [0.25, 0.3) is 0 Å². The molecule has 0 aliphatic heterocycles. The van der Waals surface area contributed by atoms with Crippen LogP contribution in [0.1, 0.15) is 40.9 Å². The van der Waals surface area contributed by atoms with Gasteiger partial charge in [-0.3, -0.25) is 20.4 Å². The topological polar surface area (TPSA) is 70.2 Å². The molecule has 0 radical (unpaired) electrons. The molecule has 0 aliphatic rings. The Labute approximate surface area is 155 Å². The summed E-state index contributed by atoms with van der Waals surface area (Å²) in [6, 6.07) is 13.4. The Morgan fingerprint density at radius 3 is 2.27 bits per heavy atom. The lowest BCUT2D eigenvalue weighted by molar-refractivity contribution is -0.120. The lowest BCUT2D eigenvalue weighted by Gasteiger charge is -2.11. The Morgan fingerprint density at radius 2 is 1.65 bits per heavy atom. The van der Waals surface area contributed by atoms with Crippen molar-refractivity contribution in [2.24, 2.45) is 5.92 Å². The fourth-order valence-electron chi connectivity index (χ4n) is 2.69. The number of carbonyl (C=O) groups excluding carboxylic acids is 2. The van der Waals surface area contributed by atoms with Crippen molar-refractivity contribution in [2.45, 2.75) is 34.1 Å². The first-order valence-corrected chi connectivity index (χ1v) is 8.84. The van der Waals surface area contributed by atoms with Crippen molar-refractivity contribution in [1.29, 1.82) is 0 Å². The zero-order valence-electron chi connectivity index (χ0n) is 15.8. The normalized spacial score (nSPS) is 10.5. The lowest BCUT2D eigenvalue weighted by atomic mass is 10.0. The number of amides is 2. The van der Waals surface area contributed by atoms with E-state index >= 15 is 0 Å². The first-order chi connectivity index (χ1) is 12.3. The second-order valence-electron chi connectivity index (χ2n) is 6.97. The van der Waals surface area contributed by atoms with Gasteiger partial charge in [-0.15, -0.1) is 0 Å². The zero-order chi connectivity index (χ0) is 19.1. The van der Waals surface area contributed by atoms with Gasteiger partial charge in [0.05, 0.1) is 6.54 Å². The van der Waals surface area contributed by atoms with Crippen LogP contribution in [0.2, 0.25) is 0 Å². The van der Waals surface area contributed by atoms with E-state index in [2.05, 4.69) is 30.0 Å². The minimum atomic E-state index is -0.332. The molecule has 0 aromatic heterocycles. The van der Waals surface area contributed by atoms with Gasteiger partial charge in [-0.25, -0.2) is 0 Å². The van der Waals surface area contributed by atoms with Gasteiger partial charge < -0.3 is 5.32 Å². The number of aryl methyl sites for hydroxylation is 2. The molecule has 26 heavy (non-hydrogen) atoms. The Bertz CT molecular complexity index is 767. The van der Waals surface area contributed by atoms with E-state index in [1.54, 1.807) is 12.1 Å². The second kappa shape index (κ2) is 9.04. The first kappa shape index (κ1) is 19.5. The van der Waals surface area contributed by atoms with E-state index in [-0.39, 0.29) is 18.4 Å². The van der Waals surface area contributed by atoms with E-state index in [0.29, 0.717) is 11.5 Å². The second-order valence-corrected chi connectivity index (χ2v) is 6.97. The molecule has 0 aliphatic carbocycles. The van der Waals surface area contributed by atoms with Crippen molar-refractivity contribution in [1.82, 2.24) is 10.9 Å². The molecule has 5 heteroatoms. The first-order valence-electron chi connectivity index (χ1n) is 8.84. The van der Waals surface area contributed by atoms with Crippen molar-refractivity contribution >= 4 is 17.5 Å². The number of anilines is 1. The number of carbonyl (C=O) groups is 2. The molecule has 5 nitrogen and oxygen atoms in total. The average Bonchev–Trinajstić information content (AvgIpc) is 2.59. The smallest absolute Gasteiger partial charge is 0.269 e. The molecule has 2 amide bonds. The maximum Gasteiger partial charge on any atom is 0.269 e. The van der Waals surface area contributed by atoms with E-state index in [1.807, 2.05) is 44.2 Å². The molecule has 138 valence electrons. The highest BCUT2D eigenvalue weighted by Gasteiger charge is 2.08. The van der Waals surface area contributed by atoms with Crippen LogP contribution in [0.3, 0.4) is 0 Å². The predicted octanol–water partition coefficient (Wildman–Crippen LogP) is 3.38. The highest BCUT2D eigenvalue weighted by atomic mass is 16.2. The van der Waals surface area contributed by atoms with Gasteiger partial charge in [0.25, 0.3) is 11.8 Å². The van der Waals surface area contributed by atoms with Crippen molar-refractivity contribution in [3.05, 3.63) is 64.7 Å². The summed E-state index contributed by atoms with van der Waals surface area (Å²) in [5, 5.41) is 3.07. The highest BCUT2D eigenvalue weighted by molar-refractivity contribution is 5.95. The van der Waals surface area contributed by atoms with Crippen LogP contribution < -0.4 is 16.2 Å². The van der Waals surface area contributed by atoms with E-state index in [9.17, 15) is 9.59 Å². The van der Waals surface area contributed by atoms with Gasteiger partial charge >= 0.3 is 0 Å². The molecule has 0 fully saturated rings. The van der Waals surface area contributed by atoms with Gasteiger partial charge in [-0.2, -0.15) is 0 Å². The Kier molecular flexibility index (Phi) is 6.78. The minimum Gasteiger partial charge on any atom is -0.376 e. The molecule has 0 atom stereocenters. The van der Waals surface area contributed by atoms with E-state index in [4.69, 9.17) is 0 Å². The van der Waals surface area contributed by atoms with Crippen LogP contribution >= 0.6 is 0 Å². The molecular formula is C21H27N3O2. The van der Waals surface area contributed by atoms with Gasteiger partial charge in [-0.1, -0.05) is 43.7 Å². The van der Waals surface area contributed by atoms with Crippen molar-refractivity contribution in [3.63, 3.8) is 0 Å². The fourth-order valence-corrected chi connectivity index (χ4v) is 2.69. The Morgan fingerprint density at radius 1 is 0.962 bits per heavy atom. The quantitative estimate of drug-likeness (QED) is 0.697. The fraction of sp³-hybridized carbons (Fsp3) is 0.333. The van der Waals surface area contributed by atoms with Crippen molar-refractivity contribution < 1.29 is 9.59 Å². The molecule has 0 saturated carbocycles. The summed E-state index contributed by atoms with van der Waals surface area (Å²) < 4.78 is 0. The monoisotopic (exact) mass is 353 g/mol. The molecule has 0 saturated heterocycles. The van der Waals surface area contributed by atoms with Crippen LogP contribution in [0.5, 0.6) is 0 Å². The van der Waals surface area contributed by atoms with Gasteiger partial charge in [0.2, 0.25) is 0 Å². The average molecular weight is 353 g/mol. The van der Waals surface area contributed by atoms with Gasteiger partial charge in [0.1, 0.15) is 0 Å². The molecule has 0 bridgehead atoms. The molecule has 0 unspecified atom stereocenters. The summed E-state index contributed by atoms with van der Waals surface area (Å²) in [5.74, 6) is -0.0747. The number of hydrogen-bond acceptors (Lipinski definition) is 3. The van der Waals surface area contributed by atoms with E-state index < -0.39 is 0 Å². The molecule has 0 spiro atoms.